The topological polar surface area (TPSA) is 63.8 Å². The molecule has 0 saturated heterocycles. The predicted octanol–water partition coefficient (Wildman–Crippen LogP) is 1.64. The average molecular weight is 254 g/mol. The minimum atomic E-state index is -0.607. The zero-order chi connectivity index (χ0) is 13.2. The highest BCUT2D eigenvalue weighted by molar-refractivity contribution is 5.77. The molecule has 0 spiro atoms. The highest BCUT2D eigenvalue weighted by Crippen LogP contribution is 2.23. The van der Waals surface area contributed by atoms with Crippen LogP contribution in [0.3, 0.4) is 0 Å². The van der Waals surface area contributed by atoms with Crippen molar-refractivity contribution in [2.45, 2.75) is 12.5 Å². The Morgan fingerprint density at radius 1 is 1.26 bits per heavy atom. The van der Waals surface area contributed by atoms with E-state index in [1.807, 2.05) is 31.4 Å². The molecule has 0 aliphatic rings. The smallest absolute Gasteiger partial charge is 0.0944 e. The molecule has 0 saturated carbocycles. The van der Waals surface area contributed by atoms with E-state index < -0.39 is 6.10 Å². The summed E-state index contributed by atoms with van der Waals surface area (Å²) in [6.07, 6.45) is 6.87. The minimum absolute atomic E-state index is 0.517. The summed E-state index contributed by atoms with van der Waals surface area (Å²) in [4.78, 5) is 8.55. The van der Waals surface area contributed by atoms with Gasteiger partial charge in [-0.3, -0.25) is 14.6 Å². The Morgan fingerprint density at radius 2 is 2.11 bits per heavy atom. The van der Waals surface area contributed by atoms with Crippen molar-refractivity contribution < 1.29 is 5.11 Å². The van der Waals surface area contributed by atoms with Gasteiger partial charge < -0.3 is 5.11 Å². The molecular formula is C14H14N4O. The van der Waals surface area contributed by atoms with Crippen LogP contribution in [0, 0.1) is 0 Å². The minimum Gasteiger partial charge on any atom is -0.388 e. The van der Waals surface area contributed by atoms with Gasteiger partial charge in [0.15, 0.2) is 0 Å². The summed E-state index contributed by atoms with van der Waals surface area (Å²) in [7, 11) is 1.86. The van der Waals surface area contributed by atoms with E-state index in [-0.39, 0.29) is 0 Å². The normalized spacial score (nSPS) is 12.7. The standard InChI is InChI=1S/C14H14N4O/c1-18-9-10(8-17-18)7-13(19)11-3-2-4-12-14(11)16-6-5-15-12/h2-6,8-9,13,19H,7H2,1H3. The third kappa shape index (κ3) is 2.32. The van der Waals surface area contributed by atoms with Crippen LogP contribution in [-0.4, -0.2) is 24.9 Å². The monoisotopic (exact) mass is 254 g/mol. The first-order chi connectivity index (χ1) is 9.24. The van der Waals surface area contributed by atoms with Crippen LogP contribution < -0.4 is 0 Å². The summed E-state index contributed by atoms with van der Waals surface area (Å²) < 4.78 is 1.73. The van der Waals surface area contributed by atoms with Gasteiger partial charge >= 0.3 is 0 Å². The molecule has 5 heteroatoms. The van der Waals surface area contributed by atoms with E-state index in [0.717, 1.165) is 22.2 Å². The van der Waals surface area contributed by atoms with Crippen molar-refractivity contribution in [3.63, 3.8) is 0 Å². The Balaban J connectivity index is 1.95. The first-order valence-corrected chi connectivity index (χ1v) is 6.09. The number of aryl methyl sites for hydroxylation is 1. The van der Waals surface area contributed by atoms with Crippen molar-refractivity contribution in [3.05, 3.63) is 54.1 Å². The molecule has 0 radical (unpaired) electrons. The van der Waals surface area contributed by atoms with Gasteiger partial charge in [-0.2, -0.15) is 5.10 Å². The van der Waals surface area contributed by atoms with E-state index in [0.29, 0.717) is 6.42 Å². The lowest BCUT2D eigenvalue weighted by Crippen LogP contribution is -2.03. The molecule has 2 aromatic heterocycles. The SMILES string of the molecule is Cn1cc(CC(O)c2cccc3nccnc23)cn1. The number of aliphatic hydroxyl groups excluding tert-OH is 1. The van der Waals surface area contributed by atoms with Crippen LogP contribution in [0.1, 0.15) is 17.2 Å². The third-order valence-electron chi connectivity index (χ3n) is 3.08. The highest BCUT2D eigenvalue weighted by Gasteiger charge is 2.13. The number of para-hydroxylation sites is 1. The van der Waals surface area contributed by atoms with Gasteiger partial charge in [-0.05, 0) is 11.6 Å². The van der Waals surface area contributed by atoms with Gasteiger partial charge in [0.05, 0.1) is 23.3 Å². The Hall–Kier alpha value is -2.27. The molecule has 19 heavy (non-hydrogen) atoms. The first-order valence-electron chi connectivity index (χ1n) is 6.09. The molecule has 0 bridgehead atoms. The average Bonchev–Trinajstić information content (AvgIpc) is 2.83. The summed E-state index contributed by atoms with van der Waals surface area (Å²) in [5.74, 6) is 0. The number of fused-ring (bicyclic) bond motifs is 1. The van der Waals surface area contributed by atoms with E-state index >= 15 is 0 Å². The van der Waals surface area contributed by atoms with Gasteiger partial charge in [0.25, 0.3) is 0 Å². The number of rotatable bonds is 3. The zero-order valence-electron chi connectivity index (χ0n) is 10.6. The molecule has 0 amide bonds. The molecule has 1 N–H and O–H groups in total. The molecule has 1 atom stereocenters. The molecule has 1 unspecified atom stereocenters. The Morgan fingerprint density at radius 3 is 2.89 bits per heavy atom. The van der Waals surface area contributed by atoms with Crippen LogP contribution in [0.25, 0.3) is 11.0 Å². The van der Waals surface area contributed by atoms with Crippen LogP contribution in [0.2, 0.25) is 0 Å². The quantitative estimate of drug-likeness (QED) is 0.771. The summed E-state index contributed by atoms with van der Waals surface area (Å²) in [5, 5.41) is 14.5. The molecule has 5 nitrogen and oxygen atoms in total. The lowest BCUT2D eigenvalue weighted by atomic mass is 10.0. The fraction of sp³-hybridized carbons (Fsp3) is 0.214. The van der Waals surface area contributed by atoms with Gasteiger partial charge in [0.1, 0.15) is 0 Å². The van der Waals surface area contributed by atoms with E-state index in [1.54, 1.807) is 23.3 Å². The van der Waals surface area contributed by atoms with Crippen molar-refractivity contribution in [1.29, 1.82) is 0 Å². The van der Waals surface area contributed by atoms with Gasteiger partial charge in [-0.1, -0.05) is 12.1 Å². The van der Waals surface area contributed by atoms with Gasteiger partial charge in [0.2, 0.25) is 0 Å². The number of benzene rings is 1. The highest BCUT2D eigenvalue weighted by atomic mass is 16.3. The number of nitrogens with zero attached hydrogens (tertiary/aromatic N) is 4. The molecule has 1 aromatic carbocycles. The largest absolute Gasteiger partial charge is 0.388 e. The molecule has 3 aromatic rings. The van der Waals surface area contributed by atoms with Crippen molar-refractivity contribution in [2.75, 3.05) is 0 Å². The molecule has 0 aliphatic heterocycles. The Bertz CT molecular complexity index is 702. The maximum absolute atomic E-state index is 10.4. The molecule has 2 heterocycles. The predicted molar refractivity (Wildman–Crippen MR) is 71.4 cm³/mol. The van der Waals surface area contributed by atoms with Gasteiger partial charge in [-0.15, -0.1) is 0 Å². The van der Waals surface area contributed by atoms with E-state index in [9.17, 15) is 5.11 Å². The van der Waals surface area contributed by atoms with Crippen LogP contribution in [0.5, 0.6) is 0 Å². The van der Waals surface area contributed by atoms with Crippen LogP contribution >= 0.6 is 0 Å². The Labute approximate surface area is 110 Å². The zero-order valence-corrected chi connectivity index (χ0v) is 10.6. The van der Waals surface area contributed by atoms with E-state index in [1.165, 1.54) is 0 Å². The van der Waals surface area contributed by atoms with E-state index in [2.05, 4.69) is 15.1 Å². The second-order valence-electron chi connectivity index (χ2n) is 4.51. The maximum Gasteiger partial charge on any atom is 0.0944 e. The number of aliphatic hydroxyl groups is 1. The second-order valence-corrected chi connectivity index (χ2v) is 4.51. The maximum atomic E-state index is 10.4. The third-order valence-corrected chi connectivity index (χ3v) is 3.08. The van der Waals surface area contributed by atoms with Crippen molar-refractivity contribution in [3.8, 4) is 0 Å². The van der Waals surface area contributed by atoms with Gasteiger partial charge in [-0.25, -0.2) is 0 Å². The lowest BCUT2D eigenvalue weighted by Gasteiger charge is -2.11. The number of hydrogen-bond donors (Lipinski definition) is 1. The van der Waals surface area contributed by atoms with Crippen LogP contribution in [-0.2, 0) is 13.5 Å². The fourth-order valence-electron chi connectivity index (χ4n) is 2.19. The van der Waals surface area contributed by atoms with Crippen molar-refractivity contribution in [1.82, 2.24) is 19.7 Å². The number of hydrogen-bond acceptors (Lipinski definition) is 4. The Kier molecular flexibility index (Phi) is 2.97. The van der Waals surface area contributed by atoms with Crippen LogP contribution in [0.15, 0.2) is 43.0 Å². The van der Waals surface area contributed by atoms with Crippen LogP contribution in [0.4, 0.5) is 0 Å². The fourth-order valence-corrected chi connectivity index (χ4v) is 2.19. The second kappa shape index (κ2) is 4.78. The van der Waals surface area contributed by atoms with Crippen molar-refractivity contribution >= 4 is 11.0 Å². The molecule has 0 fully saturated rings. The molecule has 3 rings (SSSR count). The summed E-state index contributed by atoms with van der Waals surface area (Å²) in [6.45, 7) is 0. The van der Waals surface area contributed by atoms with E-state index in [4.69, 9.17) is 0 Å². The van der Waals surface area contributed by atoms with Crippen molar-refractivity contribution in [2.24, 2.45) is 7.05 Å². The molecule has 0 aliphatic carbocycles. The summed E-state index contributed by atoms with van der Waals surface area (Å²) >= 11 is 0. The van der Waals surface area contributed by atoms with Gasteiger partial charge in [0, 0.05) is 37.6 Å². The summed E-state index contributed by atoms with van der Waals surface area (Å²) in [6, 6.07) is 5.67. The summed E-state index contributed by atoms with van der Waals surface area (Å²) in [5.41, 5.74) is 3.34. The molecular weight excluding hydrogens is 240 g/mol. The first kappa shape index (κ1) is 11.8. The number of aromatic nitrogens is 4. The lowest BCUT2D eigenvalue weighted by molar-refractivity contribution is 0.180. The molecule has 96 valence electrons.